The van der Waals surface area contributed by atoms with Gasteiger partial charge < -0.3 is 10.3 Å². The van der Waals surface area contributed by atoms with E-state index in [9.17, 15) is 14.9 Å². The minimum atomic E-state index is -0.515. The van der Waals surface area contributed by atoms with Crippen molar-refractivity contribution in [3.63, 3.8) is 0 Å². The number of pyridine rings is 1. The van der Waals surface area contributed by atoms with Crippen LogP contribution < -0.4 is 11.3 Å². The molecular formula is C9H13N3O3. The SMILES string of the molecule is NCCCCn1cc([N+](=O)[O-])ccc1=O. The molecule has 6 heteroatoms. The van der Waals surface area contributed by atoms with Crippen LogP contribution >= 0.6 is 0 Å². The Morgan fingerprint density at radius 1 is 1.40 bits per heavy atom. The number of aryl methyl sites for hydroxylation is 1. The van der Waals surface area contributed by atoms with Crippen LogP contribution in [0.4, 0.5) is 5.69 Å². The highest BCUT2D eigenvalue weighted by molar-refractivity contribution is 5.24. The molecule has 0 aliphatic carbocycles. The van der Waals surface area contributed by atoms with E-state index >= 15 is 0 Å². The standard InChI is InChI=1S/C9H13N3O3/c10-5-1-2-6-11-7-8(12(14)15)3-4-9(11)13/h3-4,7H,1-2,5-6,10H2. The monoisotopic (exact) mass is 211 g/mol. The van der Waals surface area contributed by atoms with Gasteiger partial charge >= 0.3 is 0 Å². The summed E-state index contributed by atoms with van der Waals surface area (Å²) >= 11 is 0. The Kier molecular flexibility index (Phi) is 3.99. The summed E-state index contributed by atoms with van der Waals surface area (Å²) in [5.41, 5.74) is 5.02. The summed E-state index contributed by atoms with van der Waals surface area (Å²) in [7, 11) is 0. The van der Waals surface area contributed by atoms with Gasteiger partial charge in [-0.2, -0.15) is 0 Å². The van der Waals surface area contributed by atoms with Crippen molar-refractivity contribution in [2.24, 2.45) is 5.73 Å². The average Bonchev–Trinajstić information content (AvgIpc) is 2.20. The Labute approximate surface area is 86.5 Å². The smallest absolute Gasteiger partial charge is 0.285 e. The van der Waals surface area contributed by atoms with Crippen molar-refractivity contribution in [3.05, 3.63) is 38.8 Å². The van der Waals surface area contributed by atoms with Gasteiger partial charge in [-0.1, -0.05) is 0 Å². The maximum absolute atomic E-state index is 11.3. The zero-order valence-corrected chi connectivity index (χ0v) is 8.26. The largest absolute Gasteiger partial charge is 0.330 e. The maximum atomic E-state index is 11.3. The molecule has 1 aromatic heterocycles. The van der Waals surface area contributed by atoms with E-state index in [2.05, 4.69) is 0 Å². The van der Waals surface area contributed by atoms with Gasteiger partial charge in [-0.15, -0.1) is 0 Å². The lowest BCUT2D eigenvalue weighted by atomic mass is 10.3. The van der Waals surface area contributed by atoms with E-state index < -0.39 is 4.92 Å². The van der Waals surface area contributed by atoms with Crippen LogP contribution in [0.15, 0.2) is 23.1 Å². The van der Waals surface area contributed by atoms with Gasteiger partial charge in [0.25, 0.3) is 11.2 Å². The van der Waals surface area contributed by atoms with Crippen molar-refractivity contribution in [2.75, 3.05) is 6.54 Å². The minimum absolute atomic E-state index is 0.0673. The molecule has 0 aliphatic rings. The van der Waals surface area contributed by atoms with Gasteiger partial charge in [0.05, 0.1) is 11.1 Å². The summed E-state index contributed by atoms with van der Waals surface area (Å²) in [5.74, 6) is 0. The van der Waals surface area contributed by atoms with Crippen molar-refractivity contribution < 1.29 is 4.92 Å². The van der Waals surface area contributed by atoms with Crippen molar-refractivity contribution in [3.8, 4) is 0 Å². The zero-order valence-electron chi connectivity index (χ0n) is 8.26. The molecule has 1 aromatic rings. The first-order chi connectivity index (χ1) is 7.15. The number of nitrogens with zero attached hydrogens (tertiary/aromatic N) is 2. The maximum Gasteiger partial charge on any atom is 0.285 e. The van der Waals surface area contributed by atoms with E-state index in [1.165, 1.54) is 22.9 Å². The van der Waals surface area contributed by atoms with E-state index in [1.54, 1.807) is 0 Å². The third-order valence-electron chi connectivity index (χ3n) is 2.03. The Bertz CT molecular complexity index is 400. The van der Waals surface area contributed by atoms with Gasteiger partial charge in [-0.25, -0.2) is 0 Å². The molecule has 1 heterocycles. The van der Waals surface area contributed by atoms with Gasteiger partial charge in [0.2, 0.25) is 0 Å². The van der Waals surface area contributed by atoms with E-state index in [-0.39, 0.29) is 11.2 Å². The third-order valence-corrected chi connectivity index (χ3v) is 2.03. The number of unbranched alkanes of at least 4 members (excludes halogenated alkanes) is 1. The second-order valence-electron chi connectivity index (χ2n) is 3.17. The fourth-order valence-corrected chi connectivity index (χ4v) is 1.23. The highest BCUT2D eigenvalue weighted by Crippen LogP contribution is 2.06. The van der Waals surface area contributed by atoms with Crippen LogP contribution in [-0.4, -0.2) is 16.0 Å². The molecule has 0 radical (unpaired) electrons. The first-order valence-electron chi connectivity index (χ1n) is 4.70. The van der Waals surface area contributed by atoms with Gasteiger partial charge in [0, 0.05) is 18.7 Å². The summed E-state index contributed by atoms with van der Waals surface area (Å²) in [6, 6.07) is 2.42. The van der Waals surface area contributed by atoms with Crippen molar-refractivity contribution >= 4 is 5.69 Å². The number of hydrogen-bond donors (Lipinski definition) is 1. The molecule has 82 valence electrons. The van der Waals surface area contributed by atoms with Crippen LogP contribution in [0, 0.1) is 10.1 Å². The van der Waals surface area contributed by atoms with Gasteiger partial charge in [0.1, 0.15) is 0 Å². The summed E-state index contributed by atoms with van der Waals surface area (Å²) in [5, 5.41) is 10.5. The number of nitrogens with two attached hydrogens (primary N) is 1. The molecule has 0 spiro atoms. The molecule has 0 bridgehead atoms. The van der Waals surface area contributed by atoms with Crippen LogP contribution in [0.3, 0.4) is 0 Å². The molecule has 0 fully saturated rings. The van der Waals surface area contributed by atoms with Crippen LogP contribution in [-0.2, 0) is 6.54 Å². The lowest BCUT2D eigenvalue weighted by molar-refractivity contribution is -0.385. The molecule has 0 unspecified atom stereocenters. The molecule has 0 aromatic carbocycles. The first kappa shape index (κ1) is 11.4. The lowest BCUT2D eigenvalue weighted by Crippen LogP contribution is -2.19. The predicted molar refractivity (Wildman–Crippen MR) is 55.6 cm³/mol. The highest BCUT2D eigenvalue weighted by Gasteiger charge is 2.06. The zero-order chi connectivity index (χ0) is 11.3. The molecule has 0 saturated heterocycles. The van der Waals surface area contributed by atoms with E-state index in [0.717, 1.165) is 12.8 Å². The molecule has 0 aliphatic heterocycles. The highest BCUT2D eigenvalue weighted by atomic mass is 16.6. The Balaban J connectivity index is 2.81. The number of aromatic nitrogens is 1. The molecule has 6 nitrogen and oxygen atoms in total. The summed E-state index contributed by atoms with van der Waals surface area (Å²) in [6.45, 7) is 1.03. The lowest BCUT2D eigenvalue weighted by Gasteiger charge is -2.03. The number of nitro groups is 1. The summed E-state index contributed by atoms with van der Waals surface area (Å²) in [4.78, 5) is 21.2. The molecular weight excluding hydrogens is 198 g/mol. The van der Waals surface area contributed by atoms with Gasteiger partial charge in [-0.3, -0.25) is 14.9 Å². The van der Waals surface area contributed by atoms with Crippen LogP contribution in [0.5, 0.6) is 0 Å². The number of rotatable bonds is 5. The van der Waals surface area contributed by atoms with Crippen LogP contribution in [0.25, 0.3) is 0 Å². The van der Waals surface area contributed by atoms with Gasteiger partial charge in [0.15, 0.2) is 0 Å². The molecule has 0 atom stereocenters. The summed E-state index contributed by atoms with van der Waals surface area (Å²) < 4.78 is 1.34. The Hall–Kier alpha value is -1.69. The normalized spacial score (nSPS) is 10.2. The molecule has 2 N–H and O–H groups in total. The van der Waals surface area contributed by atoms with Crippen molar-refractivity contribution in [2.45, 2.75) is 19.4 Å². The van der Waals surface area contributed by atoms with Crippen LogP contribution in [0.2, 0.25) is 0 Å². The van der Waals surface area contributed by atoms with Gasteiger partial charge in [-0.05, 0) is 19.4 Å². The quantitative estimate of drug-likeness (QED) is 0.436. The fraction of sp³-hybridized carbons (Fsp3) is 0.444. The average molecular weight is 211 g/mol. The first-order valence-corrected chi connectivity index (χ1v) is 4.70. The topological polar surface area (TPSA) is 91.2 Å². The predicted octanol–water partition coefficient (Wildman–Crippen LogP) is 0.495. The molecule has 15 heavy (non-hydrogen) atoms. The van der Waals surface area contributed by atoms with Crippen molar-refractivity contribution in [1.29, 1.82) is 0 Å². The second-order valence-corrected chi connectivity index (χ2v) is 3.17. The van der Waals surface area contributed by atoms with E-state index in [0.29, 0.717) is 13.1 Å². The fourth-order valence-electron chi connectivity index (χ4n) is 1.23. The van der Waals surface area contributed by atoms with E-state index in [4.69, 9.17) is 5.73 Å². The molecule has 0 amide bonds. The van der Waals surface area contributed by atoms with E-state index in [1.807, 2.05) is 0 Å². The van der Waals surface area contributed by atoms with Crippen LogP contribution in [0.1, 0.15) is 12.8 Å². The summed E-state index contributed by atoms with van der Waals surface area (Å²) in [6.07, 6.45) is 2.81. The Morgan fingerprint density at radius 3 is 2.73 bits per heavy atom. The second kappa shape index (κ2) is 5.26. The van der Waals surface area contributed by atoms with Crippen molar-refractivity contribution in [1.82, 2.24) is 4.57 Å². The Morgan fingerprint density at radius 2 is 2.13 bits per heavy atom. The number of hydrogen-bond acceptors (Lipinski definition) is 4. The molecule has 0 saturated carbocycles. The minimum Gasteiger partial charge on any atom is -0.330 e. The molecule has 1 rings (SSSR count). The third kappa shape index (κ3) is 3.17.